The number of hydrazine groups is 1. The van der Waals surface area contributed by atoms with Gasteiger partial charge in [-0.05, 0) is 12.1 Å². The van der Waals surface area contributed by atoms with E-state index >= 15 is 0 Å². The molecule has 6 heteroatoms. The number of hydrogen-bond acceptors (Lipinski definition) is 3. The second-order valence-corrected chi connectivity index (χ2v) is 2.87. The van der Waals surface area contributed by atoms with Crippen LogP contribution >= 0.6 is 0 Å². The number of halogens is 2. The predicted molar refractivity (Wildman–Crippen MR) is 48.8 cm³/mol. The lowest BCUT2D eigenvalue weighted by atomic mass is 10.3. The summed E-state index contributed by atoms with van der Waals surface area (Å²) < 4.78 is 30.1. The van der Waals surface area contributed by atoms with Crippen molar-refractivity contribution in [2.24, 2.45) is 5.84 Å². The van der Waals surface area contributed by atoms with Crippen LogP contribution in [-0.4, -0.2) is 24.6 Å². The number of ether oxygens (including phenoxy) is 1. The molecule has 2 N–H and O–H groups in total. The summed E-state index contributed by atoms with van der Waals surface area (Å²) in [6.45, 7) is -0.321. The van der Waals surface area contributed by atoms with Gasteiger partial charge in [-0.25, -0.2) is 14.6 Å². The molecule has 0 unspecified atom stereocenters. The first kappa shape index (κ1) is 11.4. The number of benzene rings is 1. The van der Waals surface area contributed by atoms with Crippen LogP contribution < -0.4 is 10.6 Å². The Morgan fingerprint density at radius 2 is 2.13 bits per heavy atom. The third kappa shape index (κ3) is 3.17. The zero-order valence-corrected chi connectivity index (χ0v) is 8.04. The summed E-state index contributed by atoms with van der Waals surface area (Å²) >= 11 is 0. The average Bonchev–Trinajstić information content (AvgIpc) is 2.19. The van der Waals surface area contributed by atoms with Crippen molar-refractivity contribution in [1.82, 2.24) is 5.01 Å². The van der Waals surface area contributed by atoms with Crippen LogP contribution in [0.2, 0.25) is 0 Å². The van der Waals surface area contributed by atoms with Crippen LogP contribution in [0.3, 0.4) is 0 Å². The topological polar surface area (TPSA) is 55.6 Å². The molecule has 0 atom stereocenters. The lowest BCUT2D eigenvalue weighted by Crippen LogP contribution is -2.36. The highest BCUT2D eigenvalue weighted by Gasteiger charge is 2.07. The second kappa shape index (κ2) is 4.70. The van der Waals surface area contributed by atoms with Crippen LogP contribution in [0, 0.1) is 11.6 Å². The molecule has 0 aromatic heterocycles. The van der Waals surface area contributed by atoms with E-state index in [9.17, 15) is 13.6 Å². The summed E-state index contributed by atoms with van der Waals surface area (Å²) in [6, 6.07) is 3.00. The fourth-order valence-electron chi connectivity index (χ4n) is 0.814. The van der Waals surface area contributed by atoms with Crippen LogP contribution in [0.15, 0.2) is 18.2 Å². The lowest BCUT2D eigenvalue weighted by Gasteiger charge is -2.10. The molecule has 0 radical (unpaired) electrons. The van der Waals surface area contributed by atoms with E-state index in [0.717, 1.165) is 17.1 Å². The van der Waals surface area contributed by atoms with Gasteiger partial charge in [0.05, 0.1) is 0 Å². The maximum atomic E-state index is 12.7. The van der Waals surface area contributed by atoms with Crippen molar-refractivity contribution in [3.63, 3.8) is 0 Å². The number of amides is 1. The molecular formula is C9H10F2N2O2. The van der Waals surface area contributed by atoms with Crippen molar-refractivity contribution < 1.29 is 18.3 Å². The first-order chi connectivity index (χ1) is 7.00. The number of carbonyl (C=O) groups excluding carboxylic acids is 1. The molecule has 0 aliphatic carbocycles. The smallest absolute Gasteiger partial charge is 0.274 e. The summed E-state index contributed by atoms with van der Waals surface area (Å²) in [7, 11) is 1.36. The predicted octanol–water partition coefficient (Wildman–Crippen LogP) is 0.676. The van der Waals surface area contributed by atoms with Crippen LogP contribution in [0.5, 0.6) is 5.75 Å². The van der Waals surface area contributed by atoms with Crippen LogP contribution in [0.25, 0.3) is 0 Å². The Bertz CT molecular complexity index is 369. The lowest BCUT2D eigenvalue weighted by molar-refractivity contribution is -0.132. The van der Waals surface area contributed by atoms with Gasteiger partial charge >= 0.3 is 0 Å². The van der Waals surface area contributed by atoms with E-state index in [4.69, 9.17) is 10.6 Å². The first-order valence-electron chi connectivity index (χ1n) is 4.10. The molecule has 1 aromatic rings. The molecule has 0 bridgehead atoms. The molecule has 0 fully saturated rings. The van der Waals surface area contributed by atoms with Gasteiger partial charge in [0.2, 0.25) is 0 Å². The summed E-state index contributed by atoms with van der Waals surface area (Å²) in [5.41, 5.74) is 0. The van der Waals surface area contributed by atoms with Gasteiger partial charge in [-0.15, -0.1) is 0 Å². The number of rotatable bonds is 3. The van der Waals surface area contributed by atoms with Gasteiger partial charge in [0, 0.05) is 13.1 Å². The SMILES string of the molecule is CN(N)C(=O)COc1ccc(F)c(F)c1. The highest BCUT2D eigenvalue weighted by Crippen LogP contribution is 2.15. The third-order valence-electron chi connectivity index (χ3n) is 1.65. The van der Waals surface area contributed by atoms with Crippen LogP contribution in [-0.2, 0) is 4.79 Å². The molecule has 0 spiro atoms. The van der Waals surface area contributed by atoms with Crippen molar-refractivity contribution in [2.75, 3.05) is 13.7 Å². The fraction of sp³-hybridized carbons (Fsp3) is 0.222. The highest BCUT2D eigenvalue weighted by molar-refractivity contribution is 5.76. The molecular weight excluding hydrogens is 206 g/mol. The Morgan fingerprint density at radius 1 is 1.47 bits per heavy atom. The molecule has 0 saturated carbocycles. The van der Waals surface area contributed by atoms with Gasteiger partial charge in [0.15, 0.2) is 18.2 Å². The van der Waals surface area contributed by atoms with E-state index in [1.54, 1.807) is 0 Å². The number of carbonyl (C=O) groups is 1. The van der Waals surface area contributed by atoms with E-state index in [2.05, 4.69) is 0 Å². The van der Waals surface area contributed by atoms with Gasteiger partial charge in [0.1, 0.15) is 5.75 Å². The molecule has 1 aromatic carbocycles. The van der Waals surface area contributed by atoms with Crippen molar-refractivity contribution in [2.45, 2.75) is 0 Å². The molecule has 82 valence electrons. The summed E-state index contributed by atoms with van der Waals surface area (Å²) in [4.78, 5) is 11.0. The maximum absolute atomic E-state index is 12.7. The first-order valence-corrected chi connectivity index (χ1v) is 4.10. The number of nitrogens with two attached hydrogens (primary N) is 1. The van der Waals surface area contributed by atoms with E-state index in [-0.39, 0.29) is 12.4 Å². The summed E-state index contributed by atoms with van der Waals surface area (Å²) in [6.07, 6.45) is 0. The third-order valence-corrected chi connectivity index (χ3v) is 1.65. The minimum absolute atomic E-state index is 0.0732. The molecule has 0 aliphatic rings. The fourth-order valence-corrected chi connectivity index (χ4v) is 0.814. The molecule has 0 aliphatic heterocycles. The van der Waals surface area contributed by atoms with Crippen molar-refractivity contribution in [3.05, 3.63) is 29.8 Å². The molecule has 0 saturated heterocycles. The number of nitrogens with zero attached hydrogens (tertiary/aromatic N) is 1. The number of hydrogen-bond donors (Lipinski definition) is 1. The summed E-state index contributed by atoms with van der Waals surface area (Å²) in [5, 5.41) is 0.847. The standard InChI is InChI=1S/C9H10F2N2O2/c1-13(12)9(14)5-15-6-2-3-7(10)8(11)4-6/h2-4H,5,12H2,1H3. The Morgan fingerprint density at radius 3 is 2.67 bits per heavy atom. The Labute approximate surface area is 85.2 Å². The van der Waals surface area contributed by atoms with Gasteiger partial charge in [-0.1, -0.05) is 0 Å². The molecule has 15 heavy (non-hydrogen) atoms. The summed E-state index contributed by atoms with van der Waals surface area (Å²) in [5.74, 6) is 2.73. The van der Waals surface area contributed by atoms with E-state index in [1.165, 1.54) is 13.1 Å². The zero-order valence-electron chi connectivity index (χ0n) is 8.04. The molecule has 1 amide bonds. The van der Waals surface area contributed by atoms with Gasteiger partial charge in [-0.2, -0.15) is 0 Å². The highest BCUT2D eigenvalue weighted by atomic mass is 19.2. The normalized spacial score (nSPS) is 9.87. The number of likely N-dealkylation sites (N-methyl/N-ethyl adjacent to an activating group) is 1. The van der Waals surface area contributed by atoms with Gasteiger partial charge in [-0.3, -0.25) is 9.80 Å². The average molecular weight is 216 g/mol. The second-order valence-electron chi connectivity index (χ2n) is 2.87. The van der Waals surface area contributed by atoms with Gasteiger partial charge in [0.25, 0.3) is 5.91 Å². The van der Waals surface area contributed by atoms with Crippen molar-refractivity contribution in [3.8, 4) is 5.75 Å². The quantitative estimate of drug-likeness (QED) is 0.459. The Hall–Kier alpha value is -1.69. The molecule has 1 rings (SSSR count). The molecule has 0 heterocycles. The largest absolute Gasteiger partial charge is 0.484 e. The monoisotopic (exact) mass is 216 g/mol. The van der Waals surface area contributed by atoms with Crippen LogP contribution in [0.4, 0.5) is 8.78 Å². The van der Waals surface area contributed by atoms with E-state index < -0.39 is 17.5 Å². The minimum Gasteiger partial charge on any atom is -0.484 e. The minimum atomic E-state index is -1.03. The zero-order chi connectivity index (χ0) is 11.4. The Balaban J connectivity index is 2.58. The van der Waals surface area contributed by atoms with Crippen molar-refractivity contribution in [1.29, 1.82) is 0 Å². The van der Waals surface area contributed by atoms with Gasteiger partial charge < -0.3 is 4.74 Å². The maximum Gasteiger partial charge on any atom is 0.274 e. The van der Waals surface area contributed by atoms with E-state index in [1.807, 2.05) is 0 Å². The van der Waals surface area contributed by atoms with Crippen LogP contribution in [0.1, 0.15) is 0 Å². The van der Waals surface area contributed by atoms with Crippen molar-refractivity contribution >= 4 is 5.91 Å². The molecule has 4 nitrogen and oxygen atoms in total. The van der Waals surface area contributed by atoms with E-state index in [0.29, 0.717) is 0 Å². The Kier molecular flexibility index (Phi) is 3.56.